The van der Waals surface area contributed by atoms with Crippen LogP contribution in [0.3, 0.4) is 0 Å². The quantitative estimate of drug-likeness (QED) is 0.601. The van der Waals surface area contributed by atoms with Gasteiger partial charge in [0.25, 0.3) is 9.05 Å². The van der Waals surface area contributed by atoms with Crippen molar-refractivity contribution < 1.29 is 21.9 Å². The van der Waals surface area contributed by atoms with Gasteiger partial charge in [-0.1, -0.05) is 0 Å². The molecule has 1 heterocycles. The second-order valence-electron chi connectivity index (χ2n) is 4.16. The van der Waals surface area contributed by atoms with E-state index in [1.165, 1.54) is 0 Å². The predicted molar refractivity (Wildman–Crippen MR) is 71.7 cm³/mol. The molecular weight excluding hydrogens is 326 g/mol. The molecular formula is C12H11ClF2N2O3S. The van der Waals surface area contributed by atoms with Crippen LogP contribution in [0.5, 0.6) is 5.75 Å². The van der Waals surface area contributed by atoms with Crippen molar-refractivity contribution >= 4 is 19.7 Å². The summed E-state index contributed by atoms with van der Waals surface area (Å²) in [6.45, 7) is 0.649. The van der Waals surface area contributed by atoms with Gasteiger partial charge in [0.2, 0.25) is 0 Å². The second kappa shape index (κ2) is 6.40. The van der Waals surface area contributed by atoms with Crippen molar-refractivity contribution in [2.45, 2.75) is 17.9 Å². The van der Waals surface area contributed by atoms with Crippen molar-refractivity contribution in [3.8, 4) is 5.75 Å². The standard InChI is InChI=1S/C12H11ClF2N2O3S/c13-21(18,19)9-6-10(14)12(11(15)7-9)20-5-1-3-17-4-2-16-8-17/h2,4,6-8H,1,3,5H2. The second-order valence-corrected chi connectivity index (χ2v) is 6.72. The van der Waals surface area contributed by atoms with Crippen LogP contribution >= 0.6 is 10.7 Å². The minimum atomic E-state index is -4.19. The highest BCUT2D eigenvalue weighted by Crippen LogP contribution is 2.27. The fraction of sp³-hybridized carbons (Fsp3) is 0.250. The molecule has 0 aliphatic heterocycles. The van der Waals surface area contributed by atoms with Gasteiger partial charge in [0.15, 0.2) is 17.4 Å². The van der Waals surface area contributed by atoms with Crippen molar-refractivity contribution in [3.05, 3.63) is 42.5 Å². The van der Waals surface area contributed by atoms with Crippen LogP contribution in [0.4, 0.5) is 8.78 Å². The van der Waals surface area contributed by atoms with Gasteiger partial charge in [-0.25, -0.2) is 22.2 Å². The lowest BCUT2D eigenvalue weighted by Crippen LogP contribution is -2.06. The van der Waals surface area contributed by atoms with Gasteiger partial charge in [-0.3, -0.25) is 0 Å². The van der Waals surface area contributed by atoms with E-state index in [0.717, 1.165) is 0 Å². The first-order valence-corrected chi connectivity index (χ1v) is 8.21. The molecule has 2 aromatic rings. The normalized spacial score (nSPS) is 11.6. The summed E-state index contributed by atoms with van der Waals surface area (Å²) in [5.41, 5.74) is 0. The minimum absolute atomic E-state index is 0.0684. The van der Waals surface area contributed by atoms with Gasteiger partial charge in [0.1, 0.15) is 0 Å². The molecule has 0 amide bonds. The van der Waals surface area contributed by atoms with E-state index in [2.05, 4.69) is 4.98 Å². The number of imidazole rings is 1. The maximum atomic E-state index is 13.6. The number of aromatic nitrogens is 2. The predicted octanol–water partition coefficient (Wildman–Crippen LogP) is 2.56. The van der Waals surface area contributed by atoms with Crippen molar-refractivity contribution in [3.63, 3.8) is 0 Å². The number of nitrogens with zero attached hydrogens (tertiary/aromatic N) is 2. The van der Waals surface area contributed by atoms with E-state index >= 15 is 0 Å². The monoisotopic (exact) mass is 336 g/mol. The number of ether oxygens (including phenoxy) is 1. The largest absolute Gasteiger partial charge is 0.488 e. The number of hydrogen-bond acceptors (Lipinski definition) is 4. The Balaban J connectivity index is 2.00. The molecule has 0 spiro atoms. The Bertz CT molecular complexity index is 697. The summed E-state index contributed by atoms with van der Waals surface area (Å²) in [7, 11) is 0.835. The summed E-state index contributed by atoms with van der Waals surface area (Å²) in [5.74, 6) is -2.85. The highest BCUT2D eigenvalue weighted by molar-refractivity contribution is 8.13. The third kappa shape index (κ3) is 4.15. The van der Waals surface area contributed by atoms with Crippen LogP contribution in [0.25, 0.3) is 0 Å². The van der Waals surface area contributed by atoms with Crippen molar-refractivity contribution in [2.75, 3.05) is 6.61 Å². The van der Waals surface area contributed by atoms with Gasteiger partial charge in [0.05, 0.1) is 17.8 Å². The lowest BCUT2D eigenvalue weighted by Gasteiger charge is -2.09. The Morgan fingerprint density at radius 1 is 1.29 bits per heavy atom. The van der Waals surface area contributed by atoms with E-state index in [1.54, 1.807) is 23.3 Å². The van der Waals surface area contributed by atoms with Crippen molar-refractivity contribution in [1.29, 1.82) is 0 Å². The Morgan fingerprint density at radius 2 is 1.95 bits per heavy atom. The molecule has 0 aliphatic rings. The highest BCUT2D eigenvalue weighted by atomic mass is 35.7. The first-order valence-electron chi connectivity index (χ1n) is 5.90. The Morgan fingerprint density at radius 3 is 2.48 bits per heavy atom. The maximum absolute atomic E-state index is 13.6. The summed E-state index contributed by atoms with van der Waals surface area (Å²) < 4.78 is 56.1. The van der Waals surface area contributed by atoms with E-state index in [9.17, 15) is 17.2 Å². The van der Waals surface area contributed by atoms with Gasteiger partial charge in [-0.05, 0) is 18.6 Å². The van der Waals surface area contributed by atoms with Gasteiger partial charge in [0, 0.05) is 29.6 Å². The minimum Gasteiger partial charge on any atom is -0.488 e. The van der Waals surface area contributed by atoms with Crippen LogP contribution in [0.1, 0.15) is 6.42 Å². The van der Waals surface area contributed by atoms with E-state index in [1.807, 2.05) is 0 Å². The molecule has 0 saturated heterocycles. The fourth-order valence-electron chi connectivity index (χ4n) is 1.66. The van der Waals surface area contributed by atoms with Crippen LogP contribution in [0, 0.1) is 11.6 Å². The zero-order valence-corrected chi connectivity index (χ0v) is 12.2. The fourth-order valence-corrected chi connectivity index (χ4v) is 2.41. The molecule has 5 nitrogen and oxygen atoms in total. The first kappa shape index (κ1) is 15.7. The smallest absolute Gasteiger partial charge is 0.261 e. The SMILES string of the molecule is O=S(=O)(Cl)c1cc(F)c(OCCCn2ccnc2)c(F)c1. The average Bonchev–Trinajstić information content (AvgIpc) is 2.88. The number of hydrogen-bond donors (Lipinski definition) is 0. The highest BCUT2D eigenvalue weighted by Gasteiger charge is 2.18. The number of benzene rings is 1. The van der Waals surface area contributed by atoms with Crippen molar-refractivity contribution in [2.24, 2.45) is 0 Å². The van der Waals surface area contributed by atoms with E-state index in [0.29, 0.717) is 25.1 Å². The Labute approximate surface area is 124 Å². The molecule has 9 heteroatoms. The van der Waals surface area contributed by atoms with E-state index in [-0.39, 0.29) is 6.61 Å². The third-order valence-electron chi connectivity index (χ3n) is 2.62. The summed E-state index contributed by atoms with van der Waals surface area (Å²) >= 11 is 0. The Hall–Kier alpha value is -1.67. The summed E-state index contributed by atoms with van der Waals surface area (Å²) in [6, 6.07) is 1.24. The maximum Gasteiger partial charge on any atom is 0.261 e. The molecule has 1 aromatic heterocycles. The third-order valence-corrected chi connectivity index (χ3v) is 3.95. The lowest BCUT2D eigenvalue weighted by molar-refractivity contribution is 0.272. The van der Waals surface area contributed by atoms with Gasteiger partial charge >= 0.3 is 0 Å². The van der Waals surface area contributed by atoms with Crippen LogP contribution in [0.15, 0.2) is 35.7 Å². The Kier molecular flexibility index (Phi) is 4.79. The molecule has 0 atom stereocenters. The molecule has 0 saturated carbocycles. The topological polar surface area (TPSA) is 61.2 Å². The van der Waals surface area contributed by atoms with E-state index in [4.69, 9.17) is 15.4 Å². The molecule has 0 aliphatic carbocycles. The first-order chi connectivity index (χ1) is 9.88. The molecule has 0 N–H and O–H groups in total. The summed E-state index contributed by atoms with van der Waals surface area (Å²) in [4.78, 5) is 3.20. The molecule has 0 radical (unpaired) electrons. The zero-order chi connectivity index (χ0) is 15.5. The van der Waals surface area contributed by atoms with E-state index < -0.39 is 31.3 Å². The molecule has 114 valence electrons. The molecule has 1 aromatic carbocycles. The van der Waals surface area contributed by atoms with Crippen LogP contribution < -0.4 is 4.74 Å². The molecule has 21 heavy (non-hydrogen) atoms. The number of halogens is 3. The van der Waals surface area contributed by atoms with Crippen molar-refractivity contribution in [1.82, 2.24) is 9.55 Å². The van der Waals surface area contributed by atoms with Gasteiger partial charge in [-0.15, -0.1) is 0 Å². The molecule has 0 fully saturated rings. The van der Waals surface area contributed by atoms with Gasteiger partial charge < -0.3 is 9.30 Å². The summed E-state index contributed by atoms with van der Waals surface area (Å²) in [5, 5.41) is 0. The average molecular weight is 337 g/mol. The van der Waals surface area contributed by atoms with Gasteiger partial charge in [-0.2, -0.15) is 0 Å². The van der Waals surface area contributed by atoms with Crippen LogP contribution in [0.2, 0.25) is 0 Å². The van der Waals surface area contributed by atoms with Crippen LogP contribution in [-0.4, -0.2) is 24.6 Å². The molecule has 0 bridgehead atoms. The van der Waals surface area contributed by atoms with Crippen LogP contribution in [-0.2, 0) is 15.6 Å². The molecule has 0 unspecified atom stereocenters. The number of aryl methyl sites for hydroxylation is 1. The zero-order valence-electron chi connectivity index (χ0n) is 10.7. The lowest BCUT2D eigenvalue weighted by atomic mass is 10.3. The molecule has 2 rings (SSSR count). The number of rotatable bonds is 6. The summed E-state index contributed by atoms with van der Waals surface area (Å²) in [6.07, 6.45) is 5.49.